The van der Waals surface area contributed by atoms with E-state index in [9.17, 15) is 0 Å². The second-order valence-corrected chi connectivity index (χ2v) is 13.7. The lowest BCUT2D eigenvalue weighted by Crippen LogP contribution is -2.22. The second kappa shape index (κ2) is 15.4. The van der Waals surface area contributed by atoms with E-state index in [1.807, 2.05) is 0 Å². The molecule has 0 unspecified atom stereocenters. The van der Waals surface area contributed by atoms with E-state index >= 15 is 0 Å². The largest absolute Gasteiger partial charge is 0.308 e. The van der Waals surface area contributed by atoms with Gasteiger partial charge in [0.2, 0.25) is 0 Å². The maximum Gasteiger partial charge on any atom is 0.0952 e. The number of rotatable bonds is 10. The fraction of sp³-hybridized carbons (Fsp3) is 0.0588. The summed E-state index contributed by atoms with van der Waals surface area (Å²) >= 11 is 0. The maximum atomic E-state index is 2.45. The van der Waals surface area contributed by atoms with Crippen molar-refractivity contribution in [3.05, 3.63) is 223 Å². The Morgan fingerprint density at radius 2 is 0.630 bits per heavy atom. The number of para-hydroxylation sites is 3. The van der Waals surface area contributed by atoms with E-state index in [1.165, 1.54) is 16.7 Å². The Hall–Kier alpha value is -6.84. The molecule has 0 aliphatic carbocycles. The summed E-state index contributed by atoms with van der Waals surface area (Å²) in [4.78, 5) is 7.30. The first kappa shape index (κ1) is 34.3. The van der Waals surface area contributed by atoms with Gasteiger partial charge in [-0.15, -0.1) is 0 Å². The van der Waals surface area contributed by atoms with Crippen molar-refractivity contribution >= 4 is 51.2 Å². The van der Waals surface area contributed by atoms with Crippen molar-refractivity contribution in [2.24, 2.45) is 0 Å². The van der Waals surface area contributed by atoms with E-state index in [0.29, 0.717) is 0 Å². The summed E-state index contributed by atoms with van der Waals surface area (Å²) in [6.45, 7) is 6.50. The van der Waals surface area contributed by atoms with E-state index in [4.69, 9.17) is 0 Å². The molecule has 8 aromatic carbocycles. The zero-order chi connectivity index (χ0) is 36.9. The van der Waals surface area contributed by atoms with Crippen LogP contribution in [-0.2, 0) is 0 Å². The lowest BCUT2D eigenvalue weighted by molar-refractivity contribution is 1.19. The lowest BCUT2D eigenvalue weighted by atomic mass is 9.96. The fourth-order valence-corrected chi connectivity index (χ4v) is 7.32. The molecule has 3 nitrogen and oxygen atoms in total. The van der Waals surface area contributed by atoms with Crippen LogP contribution in [0.4, 0.5) is 51.2 Å². The van der Waals surface area contributed by atoms with Gasteiger partial charge >= 0.3 is 0 Å². The van der Waals surface area contributed by atoms with Crippen LogP contribution >= 0.6 is 0 Å². The highest BCUT2D eigenvalue weighted by Crippen LogP contribution is 2.56. The fourth-order valence-electron chi connectivity index (χ4n) is 7.32. The minimum Gasteiger partial charge on any atom is -0.308 e. The number of hydrogen-bond acceptors (Lipinski definition) is 3. The summed E-state index contributed by atoms with van der Waals surface area (Å²) in [5, 5.41) is 0. The van der Waals surface area contributed by atoms with Crippen LogP contribution in [0.3, 0.4) is 0 Å². The van der Waals surface area contributed by atoms with Gasteiger partial charge in [0, 0.05) is 39.7 Å². The summed E-state index contributed by atoms with van der Waals surface area (Å²) in [6.07, 6.45) is 0. The van der Waals surface area contributed by atoms with Crippen LogP contribution in [0.25, 0.3) is 11.1 Å². The molecule has 0 aliphatic rings. The Morgan fingerprint density at radius 3 is 1.06 bits per heavy atom. The molecular weight excluding hydrogens is 655 g/mol. The van der Waals surface area contributed by atoms with Gasteiger partial charge in [-0.05, 0) is 122 Å². The van der Waals surface area contributed by atoms with Gasteiger partial charge in [0.05, 0.1) is 17.1 Å². The van der Waals surface area contributed by atoms with E-state index in [1.54, 1.807) is 0 Å². The summed E-state index contributed by atoms with van der Waals surface area (Å²) in [6, 6.07) is 74.1. The zero-order valence-corrected chi connectivity index (χ0v) is 31.0. The molecule has 0 spiro atoms. The molecule has 0 N–H and O–H groups in total. The Kier molecular flexibility index (Phi) is 9.78. The minimum absolute atomic E-state index is 1.04. The Morgan fingerprint density at radius 1 is 0.278 bits per heavy atom. The highest BCUT2D eigenvalue weighted by Gasteiger charge is 2.31. The first-order valence-corrected chi connectivity index (χ1v) is 18.5. The summed E-state index contributed by atoms with van der Waals surface area (Å²) < 4.78 is 0. The smallest absolute Gasteiger partial charge is 0.0952 e. The van der Waals surface area contributed by atoms with Gasteiger partial charge in [-0.25, -0.2) is 0 Å². The monoisotopic (exact) mass is 697 g/mol. The number of aryl methyl sites for hydroxylation is 3. The molecule has 3 heteroatoms. The quantitative estimate of drug-likeness (QED) is 0.141. The van der Waals surface area contributed by atoms with Crippen molar-refractivity contribution in [1.29, 1.82) is 0 Å². The molecular formula is C51H43N3. The Labute approximate surface area is 319 Å². The molecule has 0 saturated carbocycles. The predicted molar refractivity (Wildman–Crippen MR) is 230 cm³/mol. The van der Waals surface area contributed by atoms with Crippen molar-refractivity contribution in [3.63, 3.8) is 0 Å². The van der Waals surface area contributed by atoms with E-state index < -0.39 is 0 Å². The van der Waals surface area contributed by atoms with Crippen LogP contribution in [-0.4, -0.2) is 0 Å². The van der Waals surface area contributed by atoms with E-state index in [0.717, 1.165) is 62.3 Å². The molecule has 0 aromatic heterocycles. The lowest BCUT2D eigenvalue weighted by Gasteiger charge is -2.39. The van der Waals surface area contributed by atoms with Gasteiger partial charge in [-0.3, -0.25) is 0 Å². The Balaban J connectivity index is 1.60. The van der Waals surface area contributed by atoms with Gasteiger partial charge in [-0.2, -0.15) is 0 Å². The predicted octanol–water partition coefficient (Wildman–Crippen LogP) is 14.7. The van der Waals surface area contributed by atoms with Crippen LogP contribution in [0.1, 0.15) is 16.7 Å². The van der Waals surface area contributed by atoms with Crippen molar-refractivity contribution < 1.29 is 0 Å². The van der Waals surface area contributed by atoms with E-state index in [2.05, 4.69) is 242 Å². The van der Waals surface area contributed by atoms with Crippen molar-refractivity contribution in [2.45, 2.75) is 20.8 Å². The molecule has 0 bridgehead atoms. The molecule has 0 amide bonds. The summed E-state index contributed by atoms with van der Waals surface area (Å²) in [7, 11) is 0. The van der Waals surface area contributed by atoms with Crippen molar-refractivity contribution in [3.8, 4) is 11.1 Å². The third kappa shape index (κ3) is 7.00. The molecule has 0 saturated heterocycles. The maximum absolute atomic E-state index is 2.45. The molecule has 8 aromatic rings. The molecule has 0 aliphatic heterocycles. The van der Waals surface area contributed by atoms with Crippen LogP contribution in [0.15, 0.2) is 206 Å². The first-order chi connectivity index (χ1) is 26.5. The highest BCUT2D eigenvalue weighted by atomic mass is 15.3. The van der Waals surface area contributed by atoms with Crippen LogP contribution < -0.4 is 14.7 Å². The average Bonchev–Trinajstić information content (AvgIpc) is 3.21. The number of benzene rings is 8. The van der Waals surface area contributed by atoms with Crippen LogP contribution in [0.2, 0.25) is 0 Å². The van der Waals surface area contributed by atoms with Crippen molar-refractivity contribution in [2.75, 3.05) is 14.7 Å². The van der Waals surface area contributed by atoms with Crippen molar-refractivity contribution in [1.82, 2.24) is 0 Å². The normalized spacial score (nSPS) is 10.9. The van der Waals surface area contributed by atoms with Gasteiger partial charge in [0.15, 0.2) is 0 Å². The summed E-state index contributed by atoms with van der Waals surface area (Å²) in [5.74, 6) is 0. The van der Waals surface area contributed by atoms with Gasteiger partial charge in [-0.1, -0.05) is 127 Å². The van der Waals surface area contributed by atoms with Crippen LogP contribution in [0, 0.1) is 20.8 Å². The molecule has 8 rings (SSSR count). The van der Waals surface area contributed by atoms with Gasteiger partial charge in [0.25, 0.3) is 0 Å². The standard InChI is InChI=1S/C51H43N3/c1-38-19-16-30-45(35-38)52(42-24-10-5-11-25-42)49-34-33-48(41-22-8-4-9-23-41)50(53(43-26-12-6-13-27-43)46-31-17-20-39(2)36-46)51(49)54(44-28-14-7-15-29-44)47-32-18-21-40(3)37-47/h4-37H,1-3H3. The Bertz CT molecular complexity index is 2480. The third-order valence-corrected chi connectivity index (χ3v) is 9.73. The van der Waals surface area contributed by atoms with Gasteiger partial charge in [0.1, 0.15) is 0 Å². The molecule has 0 atom stereocenters. The minimum atomic E-state index is 1.04. The molecule has 0 fully saturated rings. The average molecular weight is 698 g/mol. The van der Waals surface area contributed by atoms with Crippen LogP contribution in [0.5, 0.6) is 0 Å². The van der Waals surface area contributed by atoms with E-state index in [-0.39, 0.29) is 0 Å². The number of anilines is 9. The first-order valence-electron chi connectivity index (χ1n) is 18.5. The molecule has 54 heavy (non-hydrogen) atoms. The SMILES string of the molecule is Cc1cccc(N(c2ccccc2)c2ccc(-c3ccccc3)c(N(c3ccccc3)c3cccc(C)c3)c2N(c2ccccc2)c2cccc(C)c2)c1. The second-order valence-electron chi connectivity index (χ2n) is 13.7. The highest BCUT2D eigenvalue weighted by molar-refractivity contribution is 6.06. The topological polar surface area (TPSA) is 9.72 Å². The molecule has 0 radical (unpaired) electrons. The van der Waals surface area contributed by atoms with Gasteiger partial charge < -0.3 is 14.7 Å². The third-order valence-electron chi connectivity index (χ3n) is 9.73. The molecule has 0 heterocycles. The summed E-state index contributed by atoms with van der Waals surface area (Å²) in [5.41, 5.74) is 15.4. The number of nitrogens with zero attached hydrogens (tertiary/aromatic N) is 3. The number of hydrogen-bond donors (Lipinski definition) is 0. The zero-order valence-electron chi connectivity index (χ0n) is 31.0. The molecule has 262 valence electrons.